The van der Waals surface area contributed by atoms with Crippen LogP contribution in [0.1, 0.15) is 101 Å². The van der Waals surface area contributed by atoms with Gasteiger partial charge in [-0.15, -0.1) is 0 Å². The van der Waals surface area contributed by atoms with Gasteiger partial charge < -0.3 is 29.1 Å². The summed E-state index contributed by atoms with van der Waals surface area (Å²) in [4.78, 5) is 129. The number of nitrogens with zero attached hydrogens (tertiary/aromatic N) is 6. The molecule has 5 saturated heterocycles. The van der Waals surface area contributed by atoms with Gasteiger partial charge >= 0.3 is 24.5 Å². The number of β-amino-alcohol motifs (C(OH)–C–C–N with tert-alkyl or cyclic N) is 1. The second-order valence-corrected chi connectivity index (χ2v) is 15.5. The Labute approximate surface area is 327 Å². The van der Waals surface area contributed by atoms with E-state index in [4.69, 9.17) is 19.5 Å². The molecule has 57 heavy (non-hydrogen) atoms. The minimum Gasteiger partial charge on any atom is -0.444 e. The molecule has 5 heterocycles. The van der Waals surface area contributed by atoms with Gasteiger partial charge in [-0.1, -0.05) is 15.2 Å². The third-order valence-electron chi connectivity index (χ3n) is 7.26. The predicted molar refractivity (Wildman–Crippen MR) is 184 cm³/mol. The maximum Gasteiger partial charge on any atom is 0.560 e. The SMILES string of the molecule is CC#N.CC(C)(C)OC(=O)N1CC(C)(OC(=O)ON2C(=O)CCC2=O)C1.CC1(O)CN(C(=O)OC(C)(C)C)C1.O=C(ON1C(=O)CCC1=O)ON1C(=O)CCC1=O. The molecule has 0 aromatic carbocycles. The summed E-state index contributed by atoms with van der Waals surface area (Å²) in [6.45, 7) is 16.5. The fraction of sp³-hybridized carbons (Fsp3) is 0.676. The van der Waals surface area contributed by atoms with E-state index in [9.17, 15) is 53.1 Å². The number of carbonyl (C=O) groups is 10. The zero-order valence-electron chi connectivity index (χ0n) is 33.2. The minimum atomic E-state index is -1.48. The molecular weight excluding hydrogens is 764 g/mol. The number of nitriles is 1. The summed E-state index contributed by atoms with van der Waals surface area (Å²) in [5.41, 5.74) is -2.74. The molecule has 0 aromatic heterocycles. The average molecular weight is 813 g/mol. The maximum absolute atomic E-state index is 11.8. The molecule has 23 heteroatoms. The molecule has 0 aliphatic carbocycles. The highest BCUT2D eigenvalue weighted by Gasteiger charge is 2.48. The van der Waals surface area contributed by atoms with Gasteiger partial charge in [0, 0.05) is 45.4 Å². The van der Waals surface area contributed by atoms with E-state index in [1.54, 1.807) is 40.7 Å². The van der Waals surface area contributed by atoms with Crippen LogP contribution >= 0.6 is 0 Å². The lowest BCUT2D eigenvalue weighted by Crippen LogP contribution is -2.64. The Morgan fingerprint density at radius 1 is 0.579 bits per heavy atom. The van der Waals surface area contributed by atoms with Crippen molar-refractivity contribution in [1.82, 2.24) is 25.0 Å². The first-order valence-corrected chi connectivity index (χ1v) is 17.5. The van der Waals surface area contributed by atoms with Crippen molar-refractivity contribution in [2.45, 2.75) is 123 Å². The van der Waals surface area contributed by atoms with Crippen molar-refractivity contribution in [2.24, 2.45) is 0 Å². The molecule has 0 atom stereocenters. The maximum atomic E-state index is 11.8. The summed E-state index contributed by atoms with van der Waals surface area (Å²) in [6.07, 6.45) is -3.72. The van der Waals surface area contributed by atoms with Crippen molar-refractivity contribution in [2.75, 3.05) is 26.2 Å². The van der Waals surface area contributed by atoms with E-state index in [-0.39, 0.29) is 67.8 Å². The van der Waals surface area contributed by atoms with Gasteiger partial charge in [-0.25, -0.2) is 14.4 Å². The summed E-state index contributed by atoms with van der Waals surface area (Å²) < 4.78 is 15.4. The number of hydroxylamine groups is 6. The normalized spacial score (nSPS) is 19.3. The summed E-state index contributed by atoms with van der Waals surface area (Å²) in [6, 6.07) is 1.75. The Kier molecular flexibility index (Phi) is 15.5. The first kappa shape index (κ1) is 47.1. The van der Waals surface area contributed by atoms with Crippen LogP contribution in [0.3, 0.4) is 0 Å². The lowest BCUT2D eigenvalue weighted by atomic mass is 9.97. The van der Waals surface area contributed by atoms with Crippen LogP contribution in [0.5, 0.6) is 0 Å². The number of likely N-dealkylation sites (tertiary alicyclic amines) is 2. The fourth-order valence-electron chi connectivity index (χ4n) is 4.95. The van der Waals surface area contributed by atoms with Crippen LogP contribution in [-0.4, -0.2) is 139 Å². The van der Waals surface area contributed by atoms with E-state index in [1.807, 2.05) is 20.8 Å². The molecule has 5 aliphatic rings. The van der Waals surface area contributed by atoms with Crippen molar-refractivity contribution >= 4 is 59.9 Å². The highest BCUT2D eigenvalue weighted by Crippen LogP contribution is 2.28. The highest BCUT2D eigenvalue weighted by atomic mass is 16.9. The topological polar surface area (TPSA) is 286 Å². The van der Waals surface area contributed by atoms with E-state index in [0.717, 1.165) is 0 Å². The Balaban J connectivity index is 0.000000295. The van der Waals surface area contributed by atoms with E-state index in [2.05, 4.69) is 14.5 Å². The van der Waals surface area contributed by atoms with Crippen LogP contribution in [0.25, 0.3) is 0 Å². The number of amides is 8. The first-order valence-electron chi connectivity index (χ1n) is 17.5. The summed E-state index contributed by atoms with van der Waals surface area (Å²) >= 11 is 0. The van der Waals surface area contributed by atoms with Gasteiger partial charge in [0.05, 0.1) is 37.8 Å². The van der Waals surface area contributed by atoms with Crippen LogP contribution in [0.4, 0.5) is 19.2 Å². The standard InChI is InChI=1S/C14H20N2O7.C9H8N2O7.C9H17NO3.C2H3N/c1-13(2,3)21-11(19)15-7-14(4,8-15)22-12(20)23-16-9(17)5-6-10(16)18;12-5-1-2-6(13)10(5)17-9(16)18-11-7(14)3-4-8(11)15;1-8(2,3)13-7(11)10-5-9(4,12)6-10;1-2-3/h5-8H2,1-4H3;1-4H2;12H,5-6H2,1-4H3;1H3. The van der Waals surface area contributed by atoms with E-state index in [0.29, 0.717) is 18.2 Å². The van der Waals surface area contributed by atoms with E-state index < -0.39 is 76.3 Å². The van der Waals surface area contributed by atoms with Gasteiger partial charge in [-0.3, -0.25) is 43.3 Å². The monoisotopic (exact) mass is 812 g/mol. The third-order valence-corrected chi connectivity index (χ3v) is 7.26. The Bertz CT molecular complexity index is 1570. The first-order chi connectivity index (χ1) is 26.1. The molecule has 8 amide bonds. The van der Waals surface area contributed by atoms with E-state index in [1.165, 1.54) is 16.7 Å². The highest BCUT2D eigenvalue weighted by molar-refractivity contribution is 6.03. The van der Waals surface area contributed by atoms with Crippen molar-refractivity contribution < 1.29 is 81.8 Å². The minimum absolute atomic E-state index is 0.00973. The van der Waals surface area contributed by atoms with Crippen LogP contribution in [0.2, 0.25) is 0 Å². The molecule has 0 saturated carbocycles. The second kappa shape index (κ2) is 18.7. The number of carbonyl (C=O) groups excluding carboxylic acids is 10. The van der Waals surface area contributed by atoms with E-state index >= 15 is 0 Å². The molecule has 23 nitrogen and oxygen atoms in total. The lowest BCUT2D eigenvalue weighted by Gasteiger charge is -2.46. The summed E-state index contributed by atoms with van der Waals surface area (Å²) in [7, 11) is 0. The number of hydrogen-bond donors (Lipinski definition) is 1. The zero-order valence-corrected chi connectivity index (χ0v) is 33.2. The molecule has 0 unspecified atom stereocenters. The molecule has 0 spiro atoms. The van der Waals surface area contributed by atoms with Gasteiger partial charge in [0.25, 0.3) is 35.4 Å². The van der Waals surface area contributed by atoms with Crippen LogP contribution < -0.4 is 0 Å². The smallest absolute Gasteiger partial charge is 0.444 e. The third kappa shape index (κ3) is 14.8. The lowest BCUT2D eigenvalue weighted by molar-refractivity contribution is -0.198. The van der Waals surface area contributed by atoms with Crippen molar-refractivity contribution in [3.63, 3.8) is 0 Å². The molecule has 1 N–H and O–H groups in total. The molecular formula is C34H48N6O17. The van der Waals surface area contributed by atoms with Crippen molar-refractivity contribution in [3.8, 4) is 6.07 Å². The quantitative estimate of drug-likeness (QED) is 0.241. The van der Waals surface area contributed by atoms with Crippen LogP contribution in [0, 0.1) is 11.3 Å². The molecule has 0 radical (unpaired) electrons. The molecule has 5 fully saturated rings. The Hall–Kier alpha value is -6.05. The number of imide groups is 3. The summed E-state index contributed by atoms with van der Waals surface area (Å²) in [5.74, 6) is -3.90. The van der Waals surface area contributed by atoms with Gasteiger partial charge in [0.1, 0.15) is 16.8 Å². The molecule has 316 valence electrons. The van der Waals surface area contributed by atoms with Crippen molar-refractivity contribution in [1.29, 1.82) is 5.26 Å². The number of aliphatic hydroxyl groups is 1. The van der Waals surface area contributed by atoms with Gasteiger partial charge in [0.2, 0.25) is 0 Å². The number of hydrogen-bond acceptors (Lipinski definition) is 18. The second-order valence-electron chi connectivity index (χ2n) is 15.5. The fourth-order valence-corrected chi connectivity index (χ4v) is 4.95. The molecule has 0 aromatic rings. The molecule has 5 aliphatic heterocycles. The van der Waals surface area contributed by atoms with Gasteiger partial charge in [-0.2, -0.15) is 10.1 Å². The predicted octanol–water partition coefficient (Wildman–Crippen LogP) is 2.00. The number of ether oxygens (including phenoxy) is 3. The average Bonchev–Trinajstić information content (AvgIpc) is 3.65. The molecule has 5 rings (SSSR count). The zero-order chi connectivity index (χ0) is 43.7. The number of rotatable bonds is 4. The van der Waals surface area contributed by atoms with Crippen LogP contribution in [-0.2, 0) is 57.5 Å². The molecule has 0 bridgehead atoms. The van der Waals surface area contributed by atoms with Crippen LogP contribution in [0.15, 0.2) is 0 Å². The largest absolute Gasteiger partial charge is 0.560 e. The van der Waals surface area contributed by atoms with Gasteiger partial charge in [0.15, 0.2) is 0 Å². The summed E-state index contributed by atoms with van der Waals surface area (Å²) in [5, 5.41) is 17.6. The Morgan fingerprint density at radius 3 is 1.11 bits per heavy atom. The van der Waals surface area contributed by atoms with Gasteiger partial charge in [-0.05, 0) is 55.4 Å². The van der Waals surface area contributed by atoms with Crippen molar-refractivity contribution in [3.05, 3.63) is 0 Å². The Morgan fingerprint density at radius 2 is 0.842 bits per heavy atom.